The van der Waals surface area contributed by atoms with Crippen molar-refractivity contribution in [3.8, 4) is 100 Å². The molecule has 0 saturated carbocycles. The van der Waals surface area contributed by atoms with Crippen LogP contribution >= 0.6 is 0 Å². The highest BCUT2D eigenvalue weighted by atomic mass is 15.2. The minimum Gasteiger partial charge on any atom is -0.310 e. The molecule has 4 nitrogen and oxygen atoms in total. The molecule has 0 amide bonds. The molecule has 4 heteroatoms. The molecule has 27 rings (SSSR count). The first kappa shape index (κ1) is 71.4. The monoisotopic (exact) mass is 1610 g/mol. The molecule has 2 atom stereocenters. The number of para-hydroxylation sites is 7. The molecule has 4 heterocycles. The van der Waals surface area contributed by atoms with Crippen molar-refractivity contribution < 1.29 is 0 Å². The zero-order valence-corrected chi connectivity index (χ0v) is 70.0. The van der Waals surface area contributed by atoms with Gasteiger partial charge < -0.3 is 18.9 Å². The fraction of sp³-hybridized carbons (Fsp3) is 0.0407. The molecule has 22 aromatic rings. The van der Waals surface area contributed by atoms with Crippen molar-refractivity contribution in [1.29, 1.82) is 0 Å². The quantitative estimate of drug-likeness (QED) is 0.128. The third-order valence-electron chi connectivity index (χ3n) is 29.1. The lowest BCUT2D eigenvalue weighted by Gasteiger charge is -2.40. The Balaban J connectivity index is 0.620. The van der Waals surface area contributed by atoms with Crippen molar-refractivity contribution in [1.82, 2.24) is 9.13 Å². The summed E-state index contributed by atoms with van der Waals surface area (Å²) in [6, 6.07) is 170. The Bertz CT molecular complexity index is 8430. The van der Waals surface area contributed by atoms with Crippen LogP contribution < -0.4 is 9.80 Å². The molecule has 0 N–H and O–H groups in total. The van der Waals surface area contributed by atoms with Crippen molar-refractivity contribution >= 4 is 88.5 Å². The maximum absolute atomic E-state index is 2.61. The van der Waals surface area contributed by atoms with E-state index < -0.39 is 10.8 Å². The first-order valence-electron chi connectivity index (χ1n) is 44.4. The number of fused-ring (bicyclic) bond motifs is 28. The number of benzene rings is 20. The molecule has 2 aromatic heterocycles. The summed E-state index contributed by atoms with van der Waals surface area (Å²) in [7, 11) is 0. The SMILES string of the molecule is CC1(C)c2ccc(-c3cccc4c3c3cccc5c3n4-c3ccccc3C53c4ccccc4-c4ccc(N(c5ccc6ccccc6c5)c5ccccc5-c5ccc(-c6ccccc6)cc5)cc43)cc2-c2ccc(N(c3ccc4c(c3)C3(c5ccccc5-4)c4ccccc4-n4c5ccccc5c5cccc3c54)c3ccccc3-c3ccc(-c4ccccc4)cc3)cc21. The van der Waals surface area contributed by atoms with Crippen molar-refractivity contribution in [2.45, 2.75) is 30.1 Å². The van der Waals surface area contributed by atoms with Gasteiger partial charge in [-0.25, -0.2) is 0 Å². The van der Waals surface area contributed by atoms with Crippen molar-refractivity contribution in [3.05, 3.63) is 505 Å². The first-order chi connectivity index (χ1) is 62.8. The maximum Gasteiger partial charge on any atom is 0.0755 e. The molecule has 3 aliphatic carbocycles. The summed E-state index contributed by atoms with van der Waals surface area (Å²) in [5.74, 6) is 0. The van der Waals surface area contributed by atoms with Gasteiger partial charge in [0.05, 0.1) is 55.6 Å². The smallest absolute Gasteiger partial charge is 0.0755 e. The number of aromatic nitrogens is 2. The Morgan fingerprint density at radius 2 is 0.575 bits per heavy atom. The van der Waals surface area contributed by atoms with Gasteiger partial charge in [-0.3, -0.25) is 0 Å². The largest absolute Gasteiger partial charge is 0.310 e. The average molecular weight is 1610 g/mol. The lowest BCUT2D eigenvalue weighted by atomic mass is 9.65. The summed E-state index contributed by atoms with van der Waals surface area (Å²) < 4.78 is 5.16. The Hall–Kier alpha value is -16.1. The van der Waals surface area contributed by atoms with Crippen LogP contribution in [-0.2, 0) is 16.2 Å². The Kier molecular flexibility index (Phi) is 15.1. The summed E-state index contributed by atoms with van der Waals surface area (Å²) in [5, 5.41) is 7.40. The van der Waals surface area contributed by atoms with Gasteiger partial charge in [0.25, 0.3) is 0 Å². The highest BCUT2D eigenvalue weighted by Crippen LogP contribution is 2.66. The van der Waals surface area contributed by atoms with Gasteiger partial charge in [-0.2, -0.15) is 0 Å². The van der Waals surface area contributed by atoms with Crippen molar-refractivity contribution in [2.75, 3.05) is 9.80 Å². The molecule has 127 heavy (non-hydrogen) atoms. The van der Waals surface area contributed by atoms with E-state index in [0.717, 1.165) is 56.4 Å². The van der Waals surface area contributed by atoms with E-state index in [4.69, 9.17) is 0 Å². The minimum atomic E-state index is -0.716. The van der Waals surface area contributed by atoms with Crippen LogP contribution in [0.5, 0.6) is 0 Å². The van der Waals surface area contributed by atoms with E-state index >= 15 is 0 Å². The van der Waals surface area contributed by atoms with E-state index in [-0.39, 0.29) is 5.41 Å². The van der Waals surface area contributed by atoms with Crippen molar-refractivity contribution in [3.63, 3.8) is 0 Å². The molecule has 0 fully saturated rings. The zero-order chi connectivity index (χ0) is 83.5. The second kappa shape index (κ2) is 26.9. The number of nitrogens with zero attached hydrogens (tertiary/aromatic N) is 4. The van der Waals surface area contributed by atoms with E-state index in [1.54, 1.807) is 0 Å². The van der Waals surface area contributed by atoms with Crippen LogP contribution in [0.3, 0.4) is 0 Å². The molecule has 0 bridgehead atoms. The molecule has 2 unspecified atom stereocenters. The first-order valence-corrected chi connectivity index (χ1v) is 44.4. The number of anilines is 6. The van der Waals surface area contributed by atoms with Gasteiger partial charge in [0, 0.05) is 60.8 Å². The third-order valence-corrected chi connectivity index (χ3v) is 29.1. The van der Waals surface area contributed by atoms with Gasteiger partial charge in [-0.1, -0.05) is 372 Å². The van der Waals surface area contributed by atoms with Gasteiger partial charge in [0.2, 0.25) is 0 Å². The molecule has 2 spiro atoms. The molecule has 592 valence electrons. The van der Waals surface area contributed by atoms with E-state index in [0.29, 0.717) is 0 Å². The summed E-state index contributed by atoms with van der Waals surface area (Å²) >= 11 is 0. The second-order valence-corrected chi connectivity index (χ2v) is 35.6. The number of hydrogen-bond acceptors (Lipinski definition) is 2. The fourth-order valence-electron chi connectivity index (χ4n) is 23.7. The van der Waals surface area contributed by atoms with Crippen LogP contribution in [0.4, 0.5) is 34.1 Å². The number of hydrogen-bond donors (Lipinski definition) is 0. The van der Waals surface area contributed by atoms with Gasteiger partial charge in [-0.15, -0.1) is 0 Å². The maximum atomic E-state index is 2.61. The van der Waals surface area contributed by atoms with E-state index in [1.165, 1.54) is 188 Å². The fourth-order valence-corrected chi connectivity index (χ4v) is 23.7. The zero-order valence-electron chi connectivity index (χ0n) is 70.0. The Labute approximate surface area is 737 Å². The van der Waals surface area contributed by atoms with Crippen LogP contribution in [-0.4, -0.2) is 9.13 Å². The molecular weight excluding hydrogens is 1530 g/mol. The molecular formula is C123H80N4. The normalized spacial score (nSPS) is 15.3. The van der Waals surface area contributed by atoms with Crippen molar-refractivity contribution in [2.24, 2.45) is 0 Å². The van der Waals surface area contributed by atoms with Crippen LogP contribution in [0.1, 0.15) is 69.5 Å². The van der Waals surface area contributed by atoms with Crippen LogP contribution in [0.15, 0.2) is 449 Å². The summed E-state index contributed by atoms with van der Waals surface area (Å²) in [6.07, 6.45) is 0. The van der Waals surface area contributed by atoms with E-state index in [2.05, 4.69) is 482 Å². The second-order valence-electron chi connectivity index (χ2n) is 35.6. The standard InChI is InChI=1S/C123H80N4/c1-121(2)102-71-63-85(73-101(102)97-70-67-87(74-109(97)121)125(113-49-21-14-35-91(113)83-60-56-81(57-61-83)78-30-7-4-8-31-78)89-66-69-95-93-36-11-16-42-103(93)122(110(95)76-89)105-44-18-23-51-115(105)126-114-50-22-15-38-98(114)99-40-25-46-107(122)119(99)126)92-39-27-53-117-118(92)100-41-26-47-108-120(100)127(117)116-52-24-19-45-106(116)123(108)104-43-17-12-37-94(104)96-68-65-88(75-111(96)123)124(86-64-62-79-32-9-10-33-84(79)72-86)112-48-20-13-34-90(112)82-58-54-80(55-59-82)77-28-5-3-6-29-77/h3-76H,1-2H3. The summed E-state index contributed by atoms with van der Waals surface area (Å²) in [5.41, 5.74) is 44.3. The van der Waals surface area contributed by atoms with E-state index in [9.17, 15) is 0 Å². The summed E-state index contributed by atoms with van der Waals surface area (Å²) in [6.45, 7) is 4.88. The van der Waals surface area contributed by atoms with Crippen LogP contribution in [0, 0.1) is 0 Å². The third kappa shape index (κ3) is 9.92. The molecule has 2 aliphatic heterocycles. The van der Waals surface area contributed by atoms with Crippen LogP contribution in [0.2, 0.25) is 0 Å². The van der Waals surface area contributed by atoms with Gasteiger partial charge in [-0.05, 0) is 235 Å². The highest BCUT2D eigenvalue weighted by molar-refractivity contribution is 6.19. The molecule has 20 aromatic carbocycles. The summed E-state index contributed by atoms with van der Waals surface area (Å²) in [4.78, 5) is 5.09. The predicted octanol–water partition coefficient (Wildman–Crippen LogP) is 32.0. The van der Waals surface area contributed by atoms with Crippen LogP contribution in [0.25, 0.3) is 155 Å². The average Bonchev–Trinajstić information content (AvgIpc) is 1.51. The lowest BCUT2D eigenvalue weighted by molar-refractivity contribution is 0.660. The Morgan fingerprint density at radius 1 is 0.197 bits per heavy atom. The van der Waals surface area contributed by atoms with E-state index in [1.807, 2.05) is 0 Å². The molecule has 0 radical (unpaired) electrons. The topological polar surface area (TPSA) is 16.3 Å². The minimum absolute atomic E-state index is 0.378. The predicted molar refractivity (Wildman–Crippen MR) is 528 cm³/mol. The van der Waals surface area contributed by atoms with Gasteiger partial charge >= 0.3 is 0 Å². The Morgan fingerprint density at radius 3 is 1.16 bits per heavy atom. The molecule has 0 saturated heterocycles. The van der Waals surface area contributed by atoms with Gasteiger partial charge in [0.1, 0.15) is 0 Å². The molecule has 5 aliphatic rings. The lowest BCUT2D eigenvalue weighted by Crippen LogP contribution is -2.33. The van der Waals surface area contributed by atoms with Gasteiger partial charge in [0.15, 0.2) is 0 Å². The highest BCUT2D eigenvalue weighted by Gasteiger charge is 2.54. The number of rotatable bonds is 11.